The van der Waals surface area contributed by atoms with Crippen LogP contribution >= 0.6 is 15.9 Å². The third-order valence-corrected chi connectivity index (χ3v) is 3.39. The van der Waals surface area contributed by atoms with Gasteiger partial charge in [-0.25, -0.2) is 9.18 Å². The van der Waals surface area contributed by atoms with Gasteiger partial charge >= 0.3 is 0 Å². The Hall–Kier alpha value is -0.990. The van der Waals surface area contributed by atoms with E-state index in [4.69, 9.17) is 0 Å². The number of hydrogen-bond acceptors (Lipinski definition) is 2. The van der Waals surface area contributed by atoms with Crippen molar-refractivity contribution in [2.24, 2.45) is 4.99 Å². The molecule has 2 rings (SSSR count). The number of aliphatic imine (C=N–C) groups is 1. The van der Waals surface area contributed by atoms with Gasteiger partial charge < -0.3 is 0 Å². The van der Waals surface area contributed by atoms with E-state index in [-0.39, 0.29) is 5.82 Å². The molecule has 0 saturated heterocycles. The molecule has 1 saturated carbocycles. The number of halogens is 2. The van der Waals surface area contributed by atoms with Crippen molar-refractivity contribution in [2.45, 2.75) is 25.3 Å². The molecule has 1 aliphatic carbocycles. The Labute approximate surface area is 95.3 Å². The first kappa shape index (κ1) is 10.5. The lowest BCUT2D eigenvalue weighted by Gasteiger charge is -2.13. The zero-order chi connectivity index (χ0) is 11.1. The van der Waals surface area contributed by atoms with E-state index >= 15 is 0 Å². The van der Waals surface area contributed by atoms with E-state index in [9.17, 15) is 9.18 Å². The molecule has 1 fully saturated rings. The number of aryl methyl sites for hydroxylation is 1. The van der Waals surface area contributed by atoms with Crippen LogP contribution in [0.1, 0.15) is 24.0 Å². The maximum Gasteiger partial charge on any atom is 0.235 e. The van der Waals surface area contributed by atoms with E-state index in [0.29, 0.717) is 28.4 Å². The van der Waals surface area contributed by atoms with Gasteiger partial charge in [0, 0.05) is 10.0 Å². The SMILES string of the molecule is Cc1ccc(Br)c(C2(N=C=O)CC2)c1F. The molecule has 0 unspecified atom stereocenters. The Balaban J connectivity index is 2.62. The van der Waals surface area contributed by atoms with Gasteiger partial charge in [0.2, 0.25) is 6.08 Å². The minimum absolute atomic E-state index is 0.277. The number of isocyanates is 1. The smallest absolute Gasteiger partial charge is 0.211 e. The number of hydrogen-bond donors (Lipinski definition) is 0. The topological polar surface area (TPSA) is 29.4 Å². The lowest BCUT2D eigenvalue weighted by atomic mass is 10.0. The van der Waals surface area contributed by atoms with Crippen LogP contribution < -0.4 is 0 Å². The highest BCUT2D eigenvalue weighted by Gasteiger charge is 2.48. The van der Waals surface area contributed by atoms with Crippen LogP contribution in [-0.4, -0.2) is 6.08 Å². The first-order valence-corrected chi connectivity index (χ1v) is 5.44. The van der Waals surface area contributed by atoms with Crippen molar-refractivity contribution in [1.29, 1.82) is 0 Å². The minimum atomic E-state index is -0.656. The average molecular weight is 270 g/mol. The highest BCUT2D eigenvalue weighted by atomic mass is 79.9. The van der Waals surface area contributed by atoms with E-state index in [1.165, 1.54) is 6.08 Å². The fraction of sp³-hybridized carbons (Fsp3) is 0.364. The molecule has 1 aromatic carbocycles. The van der Waals surface area contributed by atoms with Crippen molar-refractivity contribution < 1.29 is 9.18 Å². The molecule has 0 aliphatic heterocycles. The summed E-state index contributed by atoms with van der Waals surface area (Å²) >= 11 is 3.30. The van der Waals surface area contributed by atoms with Crippen molar-refractivity contribution in [3.05, 3.63) is 33.5 Å². The molecule has 0 aromatic heterocycles. The molecule has 0 amide bonds. The van der Waals surface area contributed by atoms with Crippen LogP contribution in [0.2, 0.25) is 0 Å². The van der Waals surface area contributed by atoms with Crippen molar-refractivity contribution in [3.63, 3.8) is 0 Å². The van der Waals surface area contributed by atoms with Crippen molar-refractivity contribution in [1.82, 2.24) is 0 Å². The molecular formula is C11H9BrFNO. The van der Waals surface area contributed by atoms with Crippen molar-refractivity contribution in [2.75, 3.05) is 0 Å². The lowest BCUT2D eigenvalue weighted by molar-refractivity contribution is 0.544. The van der Waals surface area contributed by atoms with Crippen LogP contribution in [0.15, 0.2) is 21.6 Å². The fourth-order valence-corrected chi connectivity index (χ4v) is 2.38. The summed E-state index contributed by atoms with van der Waals surface area (Å²) in [6.07, 6.45) is 2.95. The summed E-state index contributed by atoms with van der Waals surface area (Å²) in [6.45, 7) is 1.70. The molecule has 4 heteroatoms. The first-order valence-electron chi connectivity index (χ1n) is 4.65. The van der Waals surface area contributed by atoms with Gasteiger partial charge in [-0.1, -0.05) is 22.0 Å². The van der Waals surface area contributed by atoms with Gasteiger partial charge in [0.25, 0.3) is 0 Å². The molecule has 0 atom stereocenters. The predicted molar refractivity (Wildman–Crippen MR) is 57.9 cm³/mol. The Morgan fingerprint density at radius 1 is 1.53 bits per heavy atom. The van der Waals surface area contributed by atoms with Gasteiger partial charge in [0.1, 0.15) is 11.4 Å². The molecule has 15 heavy (non-hydrogen) atoms. The van der Waals surface area contributed by atoms with Gasteiger partial charge in [-0.15, -0.1) is 0 Å². The molecule has 1 aromatic rings. The number of rotatable bonds is 2. The second kappa shape index (κ2) is 3.54. The fourth-order valence-electron chi connectivity index (χ4n) is 1.71. The van der Waals surface area contributed by atoms with Gasteiger partial charge in [-0.2, -0.15) is 4.99 Å². The third kappa shape index (κ3) is 1.64. The highest BCUT2D eigenvalue weighted by molar-refractivity contribution is 9.10. The maximum atomic E-state index is 13.9. The van der Waals surface area contributed by atoms with Crippen LogP contribution in [0.25, 0.3) is 0 Å². The predicted octanol–water partition coefficient (Wildman–Crippen LogP) is 3.22. The van der Waals surface area contributed by atoms with Gasteiger partial charge in [-0.05, 0) is 31.4 Å². The van der Waals surface area contributed by atoms with E-state index < -0.39 is 5.54 Å². The summed E-state index contributed by atoms with van der Waals surface area (Å²) in [6, 6.07) is 3.48. The summed E-state index contributed by atoms with van der Waals surface area (Å²) in [4.78, 5) is 14.0. The van der Waals surface area contributed by atoms with Crippen LogP contribution in [0.4, 0.5) is 4.39 Å². The van der Waals surface area contributed by atoms with Crippen LogP contribution in [0.5, 0.6) is 0 Å². The second-order valence-electron chi connectivity index (χ2n) is 3.79. The van der Waals surface area contributed by atoms with Gasteiger partial charge in [-0.3, -0.25) is 0 Å². The normalized spacial score (nSPS) is 17.0. The summed E-state index contributed by atoms with van der Waals surface area (Å²) in [5, 5.41) is 0. The molecule has 0 N–H and O–H groups in total. The first-order chi connectivity index (χ1) is 7.10. The van der Waals surface area contributed by atoms with Gasteiger partial charge in [0.15, 0.2) is 0 Å². The quantitative estimate of drug-likeness (QED) is 0.599. The Morgan fingerprint density at radius 2 is 2.20 bits per heavy atom. The maximum absolute atomic E-state index is 13.9. The van der Waals surface area contributed by atoms with Crippen molar-refractivity contribution in [3.8, 4) is 0 Å². The molecule has 0 heterocycles. The molecular weight excluding hydrogens is 261 g/mol. The van der Waals surface area contributed by atoms with E-state index in [2.05, 4.69) is 20.9 Å². The molecule has 0 spiro atoms. The Morgan fingerprint density at radius 3 is 2.73 bits per heavy atom. The largest absolute Gasteiger partial charge is 0.235 e. The number of benzene rings is 1. The van der Waals surface area contributed by atoms with E-state index in [0.717, 1.165) is 0 Å². The summed E-state index contributed by atoms with van der Waals surface area (Å²) in [7, 11) is 0. The third-order valence-electron chi connectivity index (χ3n) is 2.73. The zero-order valence-electron chi connectivity index (χ0n) is 8.18. The zero-order valence-corrected chi connectivity index (χ0v) is 9.77. The molecule has 0 radical (unpaired) electrons. The van der Waals surface area contributed by atoms with E-state index in [1.807, 2.05) is 0 Å². The highest BCUT2D eigenvalue weighted by Crippen LogP contribution is 2.52. The molecule has 1 aliphatic rings. The van der Waals surface area contributed by atoms with Crippen LogP contribution in [0.3, 0.4) is 0 Å². The standard InChI is InChI=1S/C11H9BrFNO/c1-7-2-3-8(12)9(10(7)13)11(4-5-11)14-6-15/h2-3H,4-5H2,1H3. The minimum Gasteiger partial charge on any atom is -0.211 e. The summed E-state index contributed by atoms with van der Waals surface area (Å²) in [5.41, 5.74) is 0.405. The van der Waals surface area contributed by atoms with E-state index in [1.54, 1.807) is 19.1 Å². The van der Waals surface area contributed by atoms with Crippen LogP contribution in [0, 0.1) is 12.7 Å². The van der Waals surface area contributed by atoms with Crippen LogP contribution in [-0.2, 0) is 10.3 Å². The average Bonchev–Trinajstić information content (AvgIpc) is 2.94. The summed E-state index contributed by atoms with van der Waals surface area (Å²) in [5.74, 6) is -0.277. The Kier molecular flexibility index (Phi) is 2.49. The number of nitrogens with zero attached hydrogens (tertiary/aromatic N) is 1. The molecule has 78 valence electrons. The lowest BCUT2D eigenvalue weighted by Crippen LogP contribution is -2.08. The summed E-state index contributed by atoms with van der Waals surface area (Å²) < 4.78 is 14.6. The molecule has 2 nitrogen and oxygen atoms in total. The molecule has 0 bridgehead atoms. The number of carbonyl (C=O) groups excluding carboxylic acids is 1. The second-order valence-corrected chi connectivity index (χ2v) is 4.64. The van der Waals surface area contributed by atoms with Gasteiger partial charge in [0.05, 0.1) is 0 Å². The monoisotopic (exact) mass is 269 g/mol. The van der Waals surface area contributed by atoms with Crippen molar-refractivity contribution >= 4 is 22.0 Å². The Bertz CT molecular complexity index is 462.